The molecule has 1 aromatic heterocycles. The zero-order valence-electron chi connectivity index (χ0n) is 7.63. The summed E-state index contributed by atoms with van der Waals surface area (Å²) in [7, 11) is 0. The molecule has 0 amide bonds. The molecule has 3 nitrogen and oxygen atoms in total. The minimum atomic E-state index is -0.816. The van der Waals surface area contributed by atoms with Crippen molar-refractivity contribution in [3.63, 3.8) is 0 Å². The summed E-state index contributed by atoms with van der Waals surface area (Å²) in [6.45, 7) is 0. The van der Waals surface area contributed by atoms with Gasteiger partial charge in [-0.3, -0.25) is 0 Å². The highest BCUT2D eigenvalue weighted by Crippen LogP contribution is 2.30. The SMILES string of the molecule is NC1=CCC(N)(Cl)C=C1c1ccc[nH]1. The number of nitrogens with one attached hydrogen (secondary N) is 1. The molecule has 2 rings (SSSR count). The Hall–Kier alpha value is -1.19. The van der Waals surface area contributed by atoms with Gasteiger partial charge in [-0.1, -0.05) is 17.7 Å². The van der Waals surface area contributed by atoms with Gasteiger partial charge in [0.25, 0.3) is 0 Å². The molecule has 4 heteroatoms. The van der Waals surface area contributed by atoms with Gasteiger partial charge in [-0.05, 0) is 18.2 Å². The van der Waals surface area contributed by atoms with E-state index in [0.29, 0.717) is 12.1 Å². The maximum atomic E-state index is 6.04. The Balaban J connectivity index is 2.42. The first-order valence-corrected chi connectivity index (χ1v) is 4.77. The molecule has 1 heterocycles. The van der Waals surface area contributed by atoms with E-state index in [9.17, 15) is 0 Å². The van der Waals surface area contributed by atoms with E-state index >= 15 is 0 Å². The lowest BCUT2D eigenvalue weighted by molar-refractivity contribution is 0.739. The molecular formula is C10H12ClN3. The summed E-state index contributed by atoms with van der Waals surface area (Å²) in [5.74, 6) is 0. The fraction of sp³-hybridized carbons (Fsp3) is 0.200. The number of aromatic amines is 1. The van der Waals surface area contributed by atoms with Crippen LogP contribution in [-0.4, -0.2) is 9.98 Å². The number of hydrogen-bond donors (Lipinski definition) is 3. The van der Waals surface area contributed by atoms with Crippen molar-refractivity contribution in [2.75, 3.05) is 0 Å². The Bertz CT molecular complexity index is 388. The second kappa shape index (κ2) is 3.19. The molecule has 1 aliphatic carbocycles. The Labute approximate surface area is 87.4 Å². The first-order chi connectivity index (χ1) is 6.58. The van der Waals surface area contributed by atoms with Gasteiger partial charge in [-0.15, -0.1) is 0 Å². The summed E-state index contributed by atoms with van der Waals surface area (Å²) in [6.07, 6.45) is 6.04. The summed E-state index contributed by atoms with van der Waals surface area (Å²) in [5, 5.41) is 0. The Morgan fingerprint density at radius 2 is 2.29 bits per heavy atom. The molecule has 0 aromatic carbocycles. The lowest BCUT2D eigenvalue weighted by Gasteiger charge is -2.23. The first kappa shape index (κ1) is 9.37. The second-order valence-electron chi connectivity index (χ2n) is 3.43. The number of hydrogen-bond acceptors (Lipinski definition) is 2. The van der Waals surface area contributed by atoms with Crippen molar-refractivity contribution in [1.82, 2.24) is 4.98 Å². The minimum Gasteiger partial charge on any atom is -0.398 e. The van der Waals surface area contributed by atoms with Crippen molar-refractivity contribution < 1.29 is 0 Å². The van der Waals surface area contributed by atoms with Crippen LogP contribution in [-0.2, 0) is 0 Å². The van der Waals surface area contributed by atoms with Crippen molar-refractivity contribution >= 4 is 17.2 Å². The molecule has 1 aromatic rings. The number of rotatable bonds is 1. The summed E-state index contributed by atoms with van der Waals surface area (Å²) in [5.41, 5.74) is 14.2. The maximum absolute atomic E-state index is 6.04. The van der Waals surface area contributed by atoms with Crippen molar-refractivity contribution in [1.29, 1.82) is 0 Å². The van der Waals surface area contributed by atoms with Crippen LogP contribution in [0.1, 0.15) is 12.1 Å². The minimum absolute atomic E-state index is 0.560. The Morgan fingerprint density at radius 1 is 1.50 bits per heavy atom. The molecule has 0 radical (unpaired) electrons. The van der Waals surface area contributed by atoms with Crippen molar-refractivity contribution in [3.05, 3.63) is 41.9 Å². The van der Waals surface area contributed by atoms with Crippen LogP contribution in [0.4, 0.5) is 0 Å². The van der Waals surface area contributed by atoms with Crippen LogP contribution in [0.2, 0.25) is 0 Å². The predicted octanol–water partition coefficient (Wildman–Crippen LogP) is 1.54. The van der Waals surface area contributed by atoms with E-state index < -0.39 is 5.00 Å². The van der Waals surface area contributed by atoms with E-state index in [2.05, 4.69) is 4.98 Å². The molecular weight excluding hydrogens is 198 g/mol. The van der Waals surface area contributed by atoms with Gasteiger partial charge in [0.1, 0.15) is 5.00 Å². The zero-order valence-corrected chi connectivity index (χ0v) is 8.38. The van der Waals surface area contributed by atoms with E-state index in [1.165, 1.54) is 0 Å². The highest BCUT2D eigenvalue weighted by Gasteiger charge is 2.24. The average Bonchev–Trinajstić information content (AvgIpc) is 2.62. The van der Waals surface area contributed by atoms with Gasteiger partial charge < -0.3 is 16.5 Å². The topological polar surface area (TPSA) is 67.8 Å². The van der Waals surface area contributed by atoms with Crippen molar-refractivity contribution in [2.24, 2.45) is 11.5 Å². The van der Waals surface area contributed by atoms with Crippen LogP contribution in [0.15, 0.2) is 36.2 Å². The highest BCUT2D eigenvalue weighted by molar-refractivity contribution is 6.25. The number of halogens is 1. The van der Waals surface area contributed by atoms with Gasteiger partial charge in [-0.2, -0.15) is 0 Å². The molecule has 5 N–H and O–H groups in total. The monoisotopic (exact) mass is 209 g/mol. The smallest absolute Gasteiger partial charge is 0.114 e. The fourth-order valence-corrected chi connectivity index (χ4v) is 1.68. The first-order valence-electron chi connectivity index (χ1n) is 4.39. The van der Waals surface area contributed by atoms with E-state index in [4.69, 9.17) is 23.1 Å². The number of nitrogens with two attached hydrogens (primary N) is 2. The third-order valence-corrected chi connectivity index (χ3v) is 2.48. The Kier molecular flexibility index (Phi) is 2.13. The maximum Gasteiger partial charge on any atom is 0.114 e. The summed E-state index contributed by atoms with van der Waals surface area (Å²) in [6, 6.07) is 3.84. The molecule has 0 saturated carbocycles. The Morgan fingerprint density at radius 3 is 2.93 bits per heavy atom. The van der Waals surface area contributed by atoms with Crippen molar-refractivity contribution in [3.8, 4) is 0 Å². The average molecular weight is 210 g/mol. The summed E-state index contributed by atoms with van der Waals surface area (Å²) in [4.78, 5) is 2.26. The van der Waals surface area contributed by atoms with Gasteiger partial charge >= 0.3 is 0 Å². The van der Waals surface area contributed by atoms with Crippen LogP contribution in [0, 0.1) is 0 Å². The molecule has 1 atom stereocenters. The molecule has 14 heavy (non-hydrogen) atoms. The van der Waals surface area contributed by atoms with Crippen molar-refractivity contribution in [2.45, 2.75) is 11.4 Å². The number of H-pyrrole nitrogens is 1. The summed E-state index contributed by atoms with van der Waals surface area (Å²) >= 11 is 6.04. The lowest BCUT2D eigenvalue weighted by Crippen LogP contribution is -2.32. The molecule has 74 valence electrons. The zero-order chi connectivity index (χ0) is 10.2. The van der Waals surface area contributed by atoms with Gasteiger partial charge in [0.05, 0.1) is 0 Å². The van der Waals surface area contributed by atoms with Gasteiger partial charge in [0, 0.05) is 29.6 Å². The van der Waals surface area contributed by atoms with Crippen LogP contribution >= 0.6 is 11.6 Å². The molecule has 0 aliphatic heterocycles. The second-order valence-corrected chi connectivity index (χ2v) is 4.14. The van der Waals surface area contributed by atoms with E-state index in [0.717, 1.165) is 11.3 Å². The van der Waals surface area contributed by atoms with Crippen LogP contribution in [0.25, 0.3) is 5.57 Å². The number of alkyl halides is 1. The van der Waals surface area contributed by atoms with Gasteiger partial charge in [0.15, 0.2) is 0 Å². The standard InChI is InChI=1S/C10H12ClN3/c11-10(13)4-3-8(12)7(6-10)9-2-1-5-14-9/h1-3,5-6,14H,4,12-13H2. The van der Waals surface area contributed by atoms with E-state index in [1.807, 2.05) is 24.4 Å². The molecule has 0 spiro atoms. The number of allylic oxidation sites excluding steroid dienone is 1. The molecule has 0 fully saturated rings. The van der Waals surface area contributed by atoms with E-state index in [1.54, 1.807) is 6.08 Å². The van der Waals surface area contributed by atoms with Crippen LogP contribution < -0.4 is 11.5 Å². The molecule has 0 saturated heterocycles. The van der Waals surface area contributed by atoms with Crippen LogP contribution in [0.5, 0.6) is 0 Å². The van der Waals surface area contributed by atoms with Gasteiger partial charge in [0.2, 0.25) is 0 Å². The molecule has 1 unspecified atom stereocenters. The molecule has 0 bridgehead atoms. The van der Waals surface area contributed by atoms with Gasteiger partial charge in [-0.25, -0.2) is 0 Å². The normalized spacial score (nSPS) is 27.0. The highest BCUT2D eigenvalue weighted by atomic mass is 35.5. The lowest BCUT2D eigenvalue weighted by atomic mass is 9.98. The third kappa shape index (κ3) is 1.69. The molecule has 1 aliphatic rings. The largest absolute Gasteiger partial charge is 0.398 e. The third-order valence-electron chi connectivity index (χ3n) is 2.22. The number of aromatic nitrogens is 1. The van der Waals surface area contributed by atoms with Crippen LogP contribution in [0.3, 0.4) is 0 Å². The fourth-order valence-electron chi connectivity index (χ4n) is 1.49. The predicted molar refractivity (Wildman–Crippen MR) is 58.4 cm³/mol. The summed E-state index contributed by atoms with van der Waals surface area (Å²) < 4.78 is 0. The quantitative estimate of drug-likeness (QED) is 0.485. The van der Waals surface area contributed by atoms with E-state index in [-0.39, 0.29) is 0 Å².